The Morgan fingerprint density at radius 3 is 1.85 bits per heavy atom. The Morgan fingerprint density at radius 2 is 1.25 bits per heavy atom. The van der Waals surface area contributed by atoms with Gasteiger partial charge in [0, 0.05) is 16.9 Å². The van der Waals surface area contributed by atoms with Crippen LogP contribution in [-0.2, 0) is 38.4 Å². The monoisotopic (exact) mass is 635 g/mol. The minimum absolute atomic E-state index is 0.221. The van der Waals surface area contributed by atoms with E-state index in [1.165, 1.54) is 19.1 Å². The third-order valence-corrected chi connectivity index (χ3v) is 10.4. The van der Waals surface area contributed by atoms with Gasteiger partial charge < -0.3 is 9.80 Å². The molecule has 0 bridgehead atoms. The molecule has 3 aliphatic heterocycles. The lowest BCUT2D eigenvalue weighted by molar-refractivity contribution is -0.137. The molecule has 48 heavy (non-hydrogen) atoms. The molecule has 4 unspecified atom stereocenters. The van der Waals surface area contributed by atoms with Crippen LogP contribution in [0, 0.1) is 18.7 Å². The Labute approximate surface area is 278 Å². The summed E-state index contributed by atoms with van der Waals surface area (Å²) in [5.41, 5.74) is 2.53. The van der Waals surface area contributed by atoms with E-state index in [1.54, 1.807) is 15.9 Å². The SMILES string of the molecule is CC(=O)C1C2(NC(c3ccccc3)C13C(=O)N(Cc1ccccc1)c1ccc(C)cc13)C(=O)N(Cc1ccccc1)c1ccc(F)cc12. The number of nitrogens with zero attached hydrogens (tertiary/aromatic N) is 2. The average Bonchev–Trinajstić information content (AvgIpc) is 3.63. The minimum atomic E-state index is -1.72. The van der Waals surface area contributed by atoms with Gasteiger partial charge in [-0.05, 0) is 60.4 Å². The Balaban J connectivity index is 1.41. The number of fused-ring (bicyclic) bond motifs is 4. The van der Waals surface area contributed by atoms with Gasteiger partial charge >= 0.3 is 0 Å². The van der Waals surface area contributed by atoms with Crippen molar-refractivity contribution in [1.29, 1.82) is 0 Å². The van der Waals surface area contributed by atoms with E-state index in [4.69, 9.17) is 0 Å². The summed E-state index contributed by atoms with van der Waals surface area (Å²) in [7, 11) is 0. The maximum absolute atomic E-state index is 15.5. The lowest BCUT2D eigenvalue weighted by Crippen LogP contribution is -2.56. The van der Waals surface area contributed by atoms with Crippen LogP contribution in [0.3, 0.4) is 0 Å². The van der Waals surface area contributed by atoms with E-state index >= 15 is 14.0 Å². The zero-order valence-electron chi connectivity index (χ0n) is 26.7. The average molecular weight is 636 g/mol. The summed E-state index contributed by atoms with van der Waals surface area (Å²) in [5, 5.41) is 3.64. The number of benzene rings is 5. The lowest BCUT2D eigenvalue weighted by atomic mass is 9.60. The van der Waals surface area contributed by atoms with Crippen molar-refractivity contribution in [2.75, 3.05) is 9.80 Å². The van der Waals surface area contributed by atoms with Gasteiger partial charge in [-0.3, -0.25) is 19.7 Å². The minimum Gasteiger partial charge on any atom is -0.307 e. The van der Waals surface area contributed by atoms with E-state index in [0.29, 0.717) is 22.5 Å². The fourth-order valence-corrected chi connectivity index (χ4v) is 8.53. The Morgan fingerprint density at radius 1 is 0.708 bits per heavy atom. The van der Waals surface area contributed by atoms with Crippen molar-refractivity contribution in [2.45, 2.75) is 43.9 Å². The zero-order valence-corrected chi connectivity index (χ0v) is 26.7. The summed E-state index contributed by atoms with van der Waals surface area (Å²) < 4.78 is 15.4. The number of hydrogen-bond acceptors (Lipinski definition) is 4. The molecule has 1 N–H and O–H groups in total. The van der Waals surface area contributed by atoms with Crippen LogP contribution in [0.1, 0.15) is 46.3 Å². The third kappa shape index (κ3) is 4.17. The second-order valence-corrected chi connectivity index (χ2v) is 13.1. The Kier molecular flexibility index (Phi) is 6.93. The highest BCUT2D eigenvalue weighted by Gasteiger charge is 2.76. The van der Waals surface area contributed by atoms with E-state index < -0.39 is 28.7 Å². The fraction of sp³-hybridized carbons (Fsp3) is 0.195. The summed E-state index contributed by atoms with van der Waals surface area (Å²) >= 11 is 0. The number of halogens is 1. The van der Waals surface area contributed by atoms with Crippen molar-refractivity contribution in [3.05, 3.63) is 167 Å². The largest absolute Gasteiger partial charge is 0.307 e. The molecule has 0 radical (unpaired) electrons. The molecule has 2 spiro atoms. The van der Waals surface area contributed by atoms with Gasteiger partial charge in [0.1, 0.15) is 22.6 Å². The molecule has 0 saturated carbocycles. The number of aryl methyl sites for hydroxylation is 1. The molecule has 4 atom stereocenters. The third-order valence-electron chi connectivity index (χ3n) is 10.4. The van der Waals surface area contributed by atoms with E-state index in [1.807, 2.05) is 116 Å². The van der Waals surface area contributed by atoms with Crippen molar-refractivity contribution in [1.82, 2.24) is 5.32 Å². The van der Waals surface area contributed by atoms with Crippen LogP contribution in [-0.4, -0.2) is 17.6 Å². The van der Waals surface area contributed by atoms with Crippen molar-refractivity contribution < 1.29 is 18.8 Å². The van der Waals surface area contributed by atoms with Gasteiger partial charge in [-0.2, -0.15) is 0 Å². The van der Waals surface area contributed by atoms with Crippen molar-refractivity contribution in [3.8, 4) is 0 Å². The van der Waals surface area contributed by atoms with Crippen molar-refractivity contribution in [3.63, 3.8) is 0 Å². The predicted octanol–water partition coefficient (Wildman–Crippen LogP) is 6.91. The van der Waals surface area contributed by atoms with Crippen molar-refractivity contribution in [2.24, 2.45) is 5.92 Å². The predicted molar refractivity (Wildman–Crippen MR) is 183 cm³/mol. The van der Waals surface area contributed by atoms with Crippen LogP contribution in [0.25, 0.3) is 0 Å². The molecular formula is C41H34FN3O3. The van der Waals surface area contributed by atoms with E-state index in [9.17, 15) is 4.79 Å². The summed E-state index contributed by atoms with van der Waals surface area (Å²) in [6.07, 6.45) is 0. The number of rotatable bonds is 6. The highest BCUT2D eigenvalue weighted by Crippen LogP contribution is 2.65. The maximum atomic E-state index is 15.5. The summed E-state index contributed by atoms with van der Waals surface area (Å²) in [6, 6.07) is 38.3. The van der Waals surface area contributed by atoms with Gasteiger partial charge in [0.15, 0.2) is 0 Å². The van der Waals surface area contributed by atoms with Crippen LogP contribution in [0.2, 0.25) is 0 Å². The molecule has 5 aromatic carbocycles. The number of anilines is 2. The second-order valence-electron chi connectivity index (χ2n) is 13.1. The highest BCUT2D eigenvalue weighted by molar-refractivity contribution is 6.17. The van der Waals surface area contributed by atoms with Crippen LogP contribution in [0.4, 0.5) is 15.8 Å². The maximum Gasteiger partial charge on any atom is 0.253 e. The molecule has 3 aliphatic rings. The van der Waals surface area contributed by atoms with Crippen LogP contribution in [0.5, 0.6) is 0 Å². The van der Waals surface area contributed by atoms with Gasteiger partial charge in [-0.25, -0.2) is 4.39 Å². The first kappa shape index (κ1) is 30.0. The molecule has 1 fully saturated rings. The number of ketones is 1. The Hall–Kier alpha value is -5.40. The van der Waals surface area contributed by atoms with Gasteiger partial charge in [0.25, 0.3) is 5.91 Å². The highest BCUT2D eigenvalue weighted by atomic mass is 19.1. The van der Waals surface area contributed by atoms with Gasteiger partial charge in [-0.1, -0.05) is 109 Å². The van der Waals surface area contributed by atoms with Gasteiger partial charge in [0.05, 0.1) is 25.0 Å². The molecule has 6 nitrogen and oxygen atoms in total. The quantitative estimate of drug-likeness (QED) is 0.220. The fourth-order valence-electron chi connectivity index (χ4n) is 8.53. The van der Waals surface area contributed by atoms with Gasteiger partial charge in [0.2, 0.25) is 5.91 Å². The Bertz CT molecular complexity index is 2090. The number of hydrogen-bond donors (Lipinski definition) is 1. The first-order valence-electron chi connectivity index (χ1n) is 16.2. The topological polar surface area (TPSA) is 69.7 Å². The molecule has 5 aromatic rings. The van der Waals surface area contributed by atoms with Crippen LogP contribution >= 0.6 is 0 Å². The standard InChI is InChI=1S/C41H34FN3O3/c1-26-18-20-34-32(22-26)40(38(47)44(34)24-28-12-6-3-7-13-28)36(27(2)46)41(43-37(40)30-16-10-5-11-17-30)33-23-31(42)19-21-35(33)45(39(41)48)25-29-14-8-4-9-15-29/h3-23,36-37,43H,24-25H2,1-2H3. The first-order chi connectivity index (χ1) is 23.3. The normalized spacial score (nSPS) is 24.1. The molecular weight excluding hydrogens is 601 g/mol. The number of amides is 2. The van der Waals surface area contributed by atoms with Crippen LogP contribution in [0.15, 0.2) is 127 Å². The molecule has 2 amide bonds. The molecule has 238 valence electrons. The number of nitrogens with one attached hydrogen (secondary N) is 1. The second kappa shape index (κ2) is 11.1. The number of Topliss-reactive ketones (excluding diaryl/α,β-unsaturated/α-hetero) is 1. The molecule has 3 heterocycles. The van der Waals surface area contributed by atoms with Crippen molar-refractivity contribution >= 4 is 29.0 Å². The zero-order chi connectivity index (χ0) is 33.2. The van der Waals surface area contributed by atoms with E-state index in [2.05, 4.69) is 5.32 Å². The summed E-state index contributed by atoms with van der Waals surface area (Å²) in [4.78, 5) is 48.7. The number of carbonyl (C=O) groups excluding carboxylic acids is 3. The molecule has 0 aromatic heterocycles. The van der Waals surface area contributed by atoms with Crippen LogP contribution < -0.4 is 15.1 Å². The van der Waals surface area contributed by atoms with E-state index in [-0.39, 0.29) is 30.7 Å². The van der Waals surface area contributed by atoms with Gasteiger partial charge in [-0.15, -0.1) is 0 Å². The molecule has 8 rings (SSSR count). The first-order valence-corrected chi connectivity index (χ1v) is 16.2. The lowest BCUT2D eigenvalue weighted by Gasteiger charge is -2.37. The number of carbonyl (C=O) groups is 3. The molecule has 0 aliphatic carbocycles. The smallest absolute Gasteiger partial charge is 0.253 e. The molecule has 1 saturated heterocycles. The summed E-state index contributed by atoms with van der Waals surface area (Å²) in [5.74, 6) is -2.69. The molecule has 7 heteroatoms. The van der Waals surface area contributed by atoms with E-state index in [0.717, 1.165) is 22.3 Å². The summed E-state index contributed by atoms with van der Waals surface area (Å²) in [6.45, 7) is 3.93.